The monoisotopic (exact) mass is 543 g/mol. The highest BCUT2D eigenvalue weighted by Gasteiger charge is 2.34. The second-order valence-corrected chi connectivity index (χ2v) is 10.6. The Kier molecular flexibility index (Phi) is 6.89. The van der Waals surface area contributed by atoms with Crippen molar-refractivity contribution in [2.45, 2.75) is 25.0 Å². The van der Waals surface area contributed by atoms with Gasteiger partial charge >= 0.3 is 0 Å². The van der Waals surface area contributed by atoms with Crippen molar-refractivity contribution in [2.24, 2.45) is 0 Å². The maximum absolute atomic E-state index is 13.6. The van der Waals surface area contributed by atoms with E-state index in [1.54, 1.807) is 42.2 Å². The number of halogens is 1. The molecular weight excluding hydrogens is 517 g/mol. The Hall–Kier alpha value is -4.20. The molecule has 0 aliphatic carbocycles. The summed E-state index contributed by atoms with van der Waals surface area (Å²) >= 11 is 0. The minimum Gasteiger partial charge on any atom is -0.494 e. The topological polar surface area (TPSA) is 138 Å². The van der Waals surface area contributed by atoms with Crippen molar-refractivity contribution in [2.75, 3.05) is 36.9 Å². The van der Waals surface area contributed by atoms with Gasteiger partial charge in [-0.1, -0.05) is 6.07 Å². The largest absolute Gasteiger partial charge is 0.494 e. The van der Waals surface area contributed by atoms with Gasteiger partial charge in [0.25, 0.3) is 0 Å². The third-order valence-electron chi connectivity index (χ3n) is 6.19. The lowest BCUT2D eigenvalue weighted by atomic mass is 10.1. The fourth-order valence-electron chi connectivity index (χ4n) is 4.38. The summed E-state index contributed by atoms with van der Waals surface area (Å²) in [6.07, 6.45) is 3.10. The summed E-state index contributed by atoms with van der Waals surface area (Å²) < 4.78 is 61.6. The number of nitrogens with zero attached hydrogens (tertiary/aromatic N) is 6. The average molecular weight is 544 g/mol. The Morgan fingerprint density at radius 3 is 2.42 bits per heavy atom. The first-order valence-electron chi connectivity index (χ1n) is 11.8. The summed E-state index contributed by atoms with van der Waals surface area (Å²) in [6, 6.07) is 8.67. The van der Waals surface area contributed by atoms with Gasteiger partial charge in [-0.15, -0.1) is 10.2 Å². The van der Waals surface area contributed by atoms with Gasteiger partial charge in [-0.05, 0) is 44.0 Å². The fraction of sp³-hybridized carbons (Fsp3) is 0.333. The van der Waals surface area contributed by atoms with Gasteiger partial charge < -0.3 is 18.8 Å². The lowest BCUT2D eigenvalue weighted by molar-refractivity contribution is 0.391. The first-order valence-corrected chi connectivity index (χ1v) is 13.3. The molecule has 0 amide bonds. The summed E-state index contributed by atoms with van der Waals surface area (Å²) in [5.41, 5.74) is 0.397. The lowest BCUT2D eigenvalue weighted by Gasteiger charge is -2.32. The number of piperidine rings is 1. The highest BCUT2D eigenvalue weighted by Crippen LogP contribution is 2.38. The van der Waals surface area contributed by atoms with E-state index >= 15 is 0 Å². The van der Waals surface area contributed by atoms with Gasteiger partial charge in [0.05, 0.1) is 31.9 Å². The zero-order chi connectivity index (χ0) is 26.9. The maximum atomic E-state index is 13.6. The van der Waals surface area contributed by atoms with Crippen LogP contribution in [0.5, 0.6) is 11.5 Å². The number of hydrogen-bond donors (Lipinski definition) is 1. The molecule has 14 heteroatoms. The number of benzene rings is 1. The second-order valence-electron chi connectivity index (χ2n) is 8.66. The number of furan rings is 1. The molecule has 4 aromatic rings. The molecule has 4 heterocycles. The van der Waals surface area contributed by atoms with Crippen LogP contribution in [-0.2, 0) is 10.0 Å². The van der Waals surface area contributed by atoms with E-state index in [1.165, 1.54) is 18.8 Å². The number of aryl methyl sites for hydroxylation is 1. The Morgan fingerprint density at radius 2 is 1.79 bits per heavy atom. The molecule has 0 radical (unpaired) electrons. The molecule has 0 spiro atoms. The second kappa shape index (κ2) is 10.3. The molecule has 0 unspecified atom stereocenters. The first kappa shape index (κ1) is 25.4. The highest BCUT2D eigenvalue weighted by molar-refractivity contribution is 7.93. The minimum absolute atomic E-state index is 0.0630. The number of sulfonamides is 1. The number of nitrogens with one attached hydrogen (secondary N) is 1. The van der Waals surface area contributed by atoms with Crippen molar-refractivity contribution in [1.82, 2.24) is 24.7 Å². The third kappa shape index (κ3) is 4.86. The molecule has 0 bridgehead atoms. The van der Waals surface area contributed by atoms with Gasteiger partial charge in [0.2, 0.25) is 27.7 Å². The van der Waals surface area contributed by atoms with Crippen molar-refractivity contribution >= 4 is 21.9 Å². The fourth-order valence-corrected chi connectivity index (χ4v) is 5.79. The molecule has 12 nitrogen and oxygen atoms in total. The molecule has 1 aliphatic heterocycles. The van der Waals surface area contributed by atoms with Crippen LogP contribution < -0.4 is 19.1 Å². The standard InChI is InChI=1S/C24H26FN7O5S/c1-15-9-10-20(37-15)22-28-29-24(32(22)21-18(35-2)7-4-8-19(21)36-3)30-38(33,34)17-6-5-11-31(14-17)23-26-12-16(25)13-27-23/h4,7-10,12-13,17H,5-6,11,14H2,1-3H3,(H,29,30)/t17-/m1/s1. The van der Waals surface area contributed by atoms with Crippen LogP contribution in [0.15, 0.2) is 47.1 Å². The average Bonchev–Trinajstić information content (AvgIpc) is 3.54. The van der Waals surface area contributed by atoms with Crippen LogP contribution in [-0.4, -0.2) is 65.7 Å². The zero-order valence-corrected chi connectivity index (χ0v) is 21.8. The van der Waals surface area contributed by atoms with Crippen LogP contribution in [0.4, 0.5) is 16.3 Å². The molecule has 1 fully saturated rings. The number of anilines is 2. The third-order valence-corrected chi connectivity index (χ3v) is 7.92. The van der Waals surface area contributed by atoms with Crippen molar-refractivity contribution in [3.05, 3.63) is 54.3 Å². The van der Waals surface area contributed by atoms with E-state index in [2.05, 4.69) is 24.9 Å². The highest BCUT2D eigenvalue weighted by atomic mass is 32.2. The number of aromatic nitrogens is 5. The van der Waals surface area contributed by atoms with Gasteiger partial charge in [0.15, 0.2) is 11.6 Å². The molecule has 5 rings (SSSR count). The number of hydrogen-bond acceptors (Lipinski definition) is 10. The van der Waals surface area contributed by atoms with Crippen molar-refractivity contribution in [1.29, 1.82) is 0 Å². The van der Waals surface area contributed by atoms with Crippen LogP contribution >= 0.6 is 0 Å². The first-order chi connectivity index (χ1) is 18.3. The van der Waals surface area contributed by atoms with Crippen LogP contribution in [0.2, 0.25) is 0 Å². The Labute approximate surface area is 218 Å². The lowest BCUT2D eigenvalue weighted by Crippen LogP contribution is -2.45. The number of ether oxygens (including phenoxy) is 2. The molecule has 1 atom stereocenters. The van der Waals surface area contributed by atoms with Crippen molar-refractivity contribution in [3.63, 3.8) is 0 Å². The predicted octanol–water partition coefficient (Wildman–Crippen LogP) is 3.19. The summed E-state index contributed by atoms with van der Waals surface area (Å²) in [6.45, 7) is 2.46. The normalized spacial score (nSPS) is 15.9. The van der Waals surface area contributed by atoms with E-state index in [1.807, 2.05) is 0 Å². The molecule has 1 aliphatic rings. The van der Waals surface area contributed by atoms with E-state index in [0.717, 1.165) is 12.4 Å². The Morgan fingerprint density at radius 1 is 1.08 bits per heavy atom. The van der Waals surface area contributed by atoms with Gasteiger partial charge in [-0.25, -0.2) is 22.8 Å². The quantitative estimate of drug-likeness (QED) is 0.353. The van der Waals surface area contributed by atoms with E-state index < -0.39 is 21.1 Å². The summed E-state index contributed by atoms with van der Waals surface area (Å²) in [7, 11) is -0.981. The Bertz CT molecular complexity index is 1520. The van der Waals surface area contributed by atoms with Crippen LogP contribution in [0.3, 0.4) is 0 Å². The van der Waals surface area contributed by atoms with Crippen LogP contribution in [0.25, 0.3) is 17.3 Å². The Balaban J connectivity index is 1.54. The SMILES string of the molecule is COc1cccc(OC)c1-n1c(NS(=O)(=O)[C@@H]2CCCN(c3ncc(F)cn3)C2)nnc1-c1ccc(C)o1. The van der Waals surface area contributed by atoms with E-state index in [-0.39, 0.29) is 24.3 Å². The number of para-hydroxylation sites is 1. The molecule has 0 saturated carbocycles. The maximum Gasteiger partial charge on any atom is 0.243 e. The zero-order valence-electron chi connectivity index (χ0n) is 21.0. The molecule has 1 saturated heterocycles. The summed E-state index contributed by atoms with van der Waals surface area (Å²) in [4.78, 5) is 9.71. The van der Waals surface area contributed by atoms with Gasteiger partial charge in [0.1, 0.15) is 22.9 Å². The molecule has 3 aromatic heterocycles. The smallest absolute Gasteiger partial charge is 0.243 e. The number of rotatable bonds is 8. The predicted molar refractivity (Wildman–Crippen MR) is 137 cm³/mol. The number of methoxy groups -OCH3 is 2. The summed E-state index contributed by atoms with van der Waals surface area (Å²) in [5.74, 6) is 1.74. The molecule has 1 N–H and O–H groups in total. The van der Waals surface area contributed by atoms with E-state index in [4.69, 9.17) is 13.9 Å². The van der Waals surface area contributed by atoms with E-state index in [9.17, 15) is 12.8 Å². The van der Waals surface area contributed by atoms with Crippen LogP contribution in [0.1, 0.15) is 18.6 Å². The van der Waals surface area contributed by atoms with Crippen LogP contribution in [0, 0.1) is 12.7 Å². The van der Waals surface area contributed by atoms with Crippen molar-refractivity contribution in [3.8, 4) is 28.8 Å². The minimum atomic E-state index is -3.98. The van der Waals surface area contributed by atoms with E-state index in [0.29, 0.717) is 48.1 Å². The molecule has 1 aromatic carbocycles. The molecule has 200 valence electrons. The van der Waals surface area contributed by atoms with Crippen molar-refractivity contribution < 1.29 is 26.7 Å². The van der Waals surface area contributed by atoms with Gasteiger partial charge in [-0.2, -0.15) is 0 Å². The van der Waals surface area contributed by atoms with Gasteiger partial charge in [-0.3, -0.25) is 9.29 Å². The molecule has 38 heavy (non-hydrogen) atoms. The summed E-state index contributed by atoms with van der Waals surface area (Å²) in [5, 5.41) is 7.59. The molecular formula is C24H26FN7O5S. The van der Waals surface area contributed by atoms with Gasteiger partial charge in [0, 0.05) is 13.1 Å².